The van der Waals surface area contributed by atoms with Gasteiger partial charge in [0.15, 0.2) is 0 Å². The van der Waals surface area contributed by atoms with Crippen LogP contribution < -0.4 is 10.6 Å². The van der Waals surface area contributed by atoms with E-state index in [1.54, 1.807) is 24.4 Å². The number of hydrogen-bond acceptors (Lipinski definition) is 3. The second kappa shape index (κ2) is 8.32. The molecule has 25 heavy (non-hydrogen) atoms. The molecule has 0 spiro atoms. The van der Waals surface area contributed by atoms with E-state index in [4.69, 9.17) is 5.11 Å². The van der Waals surface area contributed by atoms with Gasteiger partial charge >= 0.3 is 12.0 Å². The maximum absolute atomic E-state index is 12.2. The molecule has 2 aromatic rings. The molecule has 0 fully saturated rings. The SMILES string of the molecule is Cc1c(NC(=O)Nc2cccc(CCC(=O)O)c2)cnn1CC(C)C. The van der Waals surface area contributed by atoms with Crippen LogP contribution in [0.25, 0.3) is 0 Å². The number of urea groups is 1. The highest BCUT2D eigenvalue weighted by molar-refractivity contribution is 6.00. The van der Waals surface area contributed by atoms with Crippen LogP contribution in [0.15, 0.2) is 30.5 Å². The Bertz CT molecular complexity index is 753. The van der Waals surface area contributed by atoms with Gasteiger partial charge in [-0.15, -0.1) is 0 Å². The number of aromatic nitrogens is 2. The van der Waals surface area contributed by atoms with Crippen LogP contribution in [-0.2, 0) is 17.8 Å². The van der Waals surface area contributed by atoms with Crippen LogP contribution in [0.1, 0.15) is 31.5 Å². The molecule has 2 amide bonds. The standard InChI is InChI=1S/C18H24N4O3/c1-12(2)11-22-13(3)16(10-19-22)21-18(25)20-15-6-4-5-14(9-15)7-8-17(23)24/h4-6,9-10,12H,7-8,11H2,1-3H3,(H,23,24)(H2,20,21,25). The first-order valence-electron chi connectivity index (χ1n) is 8.26. The maximum atomic E-state index is 12.2. The first kappa shape index (κ1) is 18.5. The van der Waals surface area contributed by atoms with Crippen molar-refractivity contribution in [3.05, 3.63) is 41.7 Å². The summed E-state index contributed by atoms with van der Waals surface area (Å²) in [6, 6.07) is 6.81. The largest absolute Gasteiger partial charge is 0.481 e. The van der Waals surface area contributed by atoms with Crippen molar-refractivity contribution in [3.63, 3.8) is 0 Å². The van der Waals surface area contributed by atoms with Crippen LogP contribution >= 0.6 is 0 Å². The summed E-state index contributed by atoms with van der Waals surface area (Å²) in [6.45, 7) is 6.93. The summed E-state index contributed by atoms with van der Waals surface area (Å²) < 4.78 is 1.87. The number of carboxylic acids is 1. The number of anilines is 2. The van der Waals surface area contributed by atoms with E-state index in [9.17, 15) is 9.59 Å². The highest BCUT2D eigenvalue weighted by Crippen LogP contribution is 2.17. The van der Waals surface area contributed by atoms with Crippen molar-refractivity contribution in [1.82, 2.24) is 9.78 Å². The molecule has 0 aliphatic rings. The molecule has 2 rings (SSSR count). The molecule has 1 heterocycles. The lowest BCUT2D eigenvalue weighted by Gasteiger charge is -2.10. The number of carbonyl (C=O) groups excluding carboxylic acids is 1. The van der Waals surface area contributed by atoms with Crippen LogP contribution in [0.3, 0.4) is 0 Å². The highest BCUT2D eigenvalue weighted by atomic mass is 16.4. The molecular formula is C18H24N4O3. The number of aryl methyl sites for hydroxylation is 1. The molecule has 0 saturated heterocycles. The van der Waals surface area contributed by atoms with Crippen molar-refractivity contribution >= 4 is 23.4 Å². The number of nitrogens with one attached hydrogen (secondary N) is 2. The van der Waals surface area contributed by atoms with Crippen molar-refractivity contribution < 1.29 is 14.7 Å². The Morgan fingerprint density at radius 2 is 2.04 bits per heavy atom. The van der Waals surface area contributed by atoms with Crippen LogP contribution in [0.2, 0.25) is 0 Å². The molecule has 0 radical (unpaired) electrons. The van der Waals surface area contributed by atoms with Crippen molar-refractivity contribution in [2.24, 2.45) is 5.92 Å². The van der Waals surface area contributed by atoms with Crippen LogP contribution in [-0.4, -0.2) is 26.9 Å². The van der Waals surface area contributed by atoms with Gasteiger partial charge in [-0.2, -0.15) is 5.10 Å². The van der Waals surface area contributed by atoms with Crippen molar-refractivity contribution in [2.75, 3.05) is 10.6 Å². The highest BCUT2D eigenvalue weighted by Gasteiger charge is 2.11. The summed E-state index contributed by atoms with van der Waals surface area (Å²) in [5.41, 5.74) is 3.05. The fourth-order valence-corrected chi connectivity index (χ4v) is 2.44. The molecule has 0 aliphatic heterocycles. The zero-order chi connectivity index (χ0) is 18.4. The molecule has 7 nitrogen and oxygen atoms in total. The summed E-state index contributed by atoms with van der Waals surface area (Å²) >= 11 is 0. The van der Waals surface area contributed by atoms with Gasteiger partial charge in [0, 0.05) is 18.7 Å². The minimum Gasteiger partial charge on any atom is -0.481 e. The average molecular weight is 344 g/mol. The number of amides is 2. The molecule has 1 aromatic carbocycles. The third-order valence-corrected chi connectivity index (χ3v) is 3.70. The lowest BCUT2D eigenvalue weighted by atomic mass is 10.1. The number of benzene rings is 1. The Kier molecular flexibility index (Phi) is 6.16. The molecule has 3 N–H and O–H groups in total. The van der Waals surface area contributed by atoms with Crippen molar-refractivity contribution in [3.8, 4) is 0 Å². The molecule has 134 valence electrons. The molecule has 0 atom stereocenters. The molecule has 0 unspecified atom stereocenters. The van der Waals surface area contributed by atoms with E-state index in [1.807, 2.05) is 17.7 Å². The predicted octanol–water partition coefficient (Wildman–Crippen LogP) is 3.51. The molecule has 1 aromatic heterocycles. The van der Waals surface area contributed by atoms with Crippen molar-refractivity contribution in [2.45, 2.75) is 40.2 Å². The maximum Gasteiger partial charge on any atom is 0.323 e. The smallest absolute Gasteiger partial charge is 0.323 e. The molecule has 7 heteroatoms. The lowest BCUT2D eigenvalue weighted by molar-refractivity contribution is -0.136. The van der Waals surface area contributed by atoms with E-state index in [0.717, 1.165) is 17.8 Å². The number of nitrogens with zero attached hydrogens (tertiary/aromatic N) is 2. The van der Waals surface area contributed by atoms with E-state index in [-0.39, 0.29) is 12.5 Å². The minimum absolute atomic E-state index is 0.0594. The summed E-state index contributed by atoms with van der Waals surface area (Å²) in [7, 11) is 0. The first-order valence-corrected chi connectivity index (χ1v) is 8.26. The van der Waals surface area contributed by atoms with Crippen LogP contribution in [0, 0.1) is 12.8 Å². The van der Waals surface area contributed by atoms with E-state index < -0.39 is 5.97 Å². The summed E-state index contributed by atoms with van der Waals surface area (Å²) in [5.74, 6) is -0.376. The molecule has 0 saturated carbocycles. The number of hydrogen-bond donors (Lipinski definition) is 3. The Morgan fingerprint density at radius 3 is 2.72 bits per heavy atom. The van der Waals surface area contributed by atoms with Gasteiger partial charge in [-0.05, 0) is 37.0 Å². The molecular weight excluding hydrogens is 320 g/mol. The van der Waals surface area contributed by atoms with Gasteiger partial charge in [0.25, 0.3) is 0 Å². The minimum atomic E-state index is -0.843. The monoisotopic (exact) mass is 344 g/mol. The van der Waals surface area contributed by atoms with Crippen LogP contribution in [0.5, 0.6) is 0 Å². The second-order valence-electron chi connectivity index (χ2n) is 6.39. The summed E-state index contributed by atoms with van der Waals surface area (Å²) in [4.78, 5) is 22.8. The second-order valence-corrected chi connectivity index (χ2v) is 6.39. The zero-order valence-corrected chi connectivity index (χ0v) is 14.7. The fourth-order valence-electron chi connectivity index (χ4n) is 2.44. The normalized spacial score (nSPS) is 10.7. The van der Waals surface area contributed by atoms with E-state index in [2.05, 4.69) is 29.6 Å². The van der Waals surface area contributed by atoms with E-state index >= 15 is 0 Å². The summed E-state index contributed by atoms with van der Waals surface area (Å²) in [5, 5.41) is 18.6. The zero-order valence-electron chi connectivity index (χ0n) is 14.7. The third-order valence-electron chi connectivity index (χ3n) is 3.70. The van der Waals surface area contributed by atoms with Gasteiger partial charge < -0.3 is 15.7 Å². The number of aliphatic carboxylic acids is 1. The Hall–Kier alpha value is -2.83. The Morgan fingerprint density at radius 1 is 1.28 bits per heavy atom. The lowest BCUT2D eigenvalue weighted by Crippen LogP contribution is -2.20. The van der Waals surface area contributed by atoms with E-state index in [1.165, 1.54) is 0 Å². The quantitative estimate of drug-likeness (QED) is 0.716. The van der Waals surface area contributed by atoms with Gasteiger partial charge in [0.1, 0.15) is 0 Å². The van der Waals surface area contributed by atoms with Gasteiger partial charge in [-0.25, -0.2) is 4.79 Å². The van der Waals surface area contributed by atoms with Gasteiger partial charge in [0.05, 0.1) is 17.6 Å². The molecule has 0 bridgehead atoms. The Labute approximate surface area is 147 Å². The van der Waals surface area contributed by atoms with Crippen molar-refractivity contribution in [1.29, 1.82) is 0 Å². The average Bonchev–Trinajstić information content (AvgIpc) is 2.86. The van der Waals surface area contributed by atoms with Gasteiger partial charge in [-0.1, -0.05) is 26.0 Å². The van der Waals surface area contributed by atoms with E-state index in [0.29, 0.717) is 23.7 Å². The number of carbonyl (C=O) groups is 2. The number of carboxylic acid groups (broad SMARTS) is 1. The molecule has 0 aliphatic carbocycles. The van der Waals surface area contributed by atoms with Crippen LogP contribution in [0.4, 0.5) is 16.2 Å². The predicted molar refractivity (Wildman–Crippen MR) is 96.8 cm³/mol. The first-order chi connectivity index (χ1) is 11.8. The van der Waals surface area contributed by atoms with Gasteiger partial charge in [0.2, 0.25) is 0 Å². The number of rotatable bonds is 7. The summed E-state index contributed by atoms with van der Waals surface area (Å²) in [6.07, 6.45) is 2.12. The third kappa shape index (κ3) is 5.63. The fraction of sp³-hybridized carbons (Fsp3) is 0.389. The Balaban J connectivity index is 1.97. The topological polar surface area (TPSA) is 96.2 Å². The van der Waals surface area contributed by atoms with Gasteiger partial charge in [-0.3, -0.25) is 9.48 Å².